The second-order valence-electron chi connectivity index (χ2n) is 8.09. The van der Waals surface area contributed by atoms with Crippen molar-refractivity contribution in [1.82, 2.24) is 19.7 Å². The molecule has 2 aromatic carbocycles. The summed E-state index contributed by atoms with van der Waals surface area (Å²) in [6.45, 7) is 7.71. The van der Waals surface area contributed by atoms with Crippen molar-refractivity contribution < 1.29 is 4.74 Å². The highest BCUT2D eigenvalue weighted by atomic mass is 16.5. The number of hydrogen-bond acceptors (Lipinski definition) is 6. The third kappa shape index (κ3) is 3.96. The van der Waals surface area contributed by atoms with Crippen molar-refractivity contribution in [1.29, 1.82) is 0 Å². The fourth-order valence-electron chi connectivity index (χ4n) is 4.12. The molecule has 31 heavy (non-hydrogen) atoms. The molecule has 158 valence electrons. The maximum atomic E-state index is 5.94. The Labute approximate surface area is 181 Å². The Bertz CT molecular complexity index is 1200. The summed E-state index contributed by atoms with van der Waals surface area (Å²) in [6, 6.07) is 20.1. The van der Waals surface area contributed by atoms with Crippen molar-refractivity contribution in [3.63, 3.8) is 0 Å². The summed E-state index contributed by atoms with van der Waals surface area (Å²) in [5.74, 6) is 2.40. The first-order valence-corrected chi connectivity index (χ1v) is 10.6. The van der Waals surface area contributed by atoms with E-state index in [4.69, 9.17) is 14.7 Å². The second-order valence-corrected chi connectivity index (χ2v) is 8.09. The average Bonchev–Trinajstić information content (AvgIpc) is 3.13. The maximum Gasteiger partial charge on any atom is 0.175 e. The van der Waals surface area contributed by atoms with Gasteiger partial charge in [-0.1, -0.05) is 30.3 Å². The van der Waals surface area contributed by atoms with Crippen molar-refractivity contribution in [2.24, 2.45) is 0 Å². The molecule has 0 spiro atoms. The summed E-state index contributed by atoms with van der Waals surface area (Å²) in [4.78, 5) is 12.2. The summed E-state index contributed by atoms with van der Waals surface area (Å²) in [6.07, 6.45) is 0.254. The number of nitrogens with one attached hydrogen (secondary N) is 1. The van der Waals surface area contributed by atoms with Gasteiger partial charge in [0.05, 0.1) is 34.6 Å². The van der Waals surface area contributed by atoms with Gasteiger partial charge in [-0.2, -0.15) is 5.10 Å². The number of morpholine rings is 1. The summed E-state index contributed by atoms with van der Waals surface area (Å²) in [7, 11) is 0. The highest BCUT2D eigenvalue weighted by Crippen LogP contribution is 2.31. The highest BCUT2D eigenvalue weighted by Gasteiger charge is 2.26. The third-order valence-corrected chi connectivity index (χ3v) is 5.35. The zero-order valence-corrected chi connectivity index (χ0v) is 18.0. The fourth-order valence-corrected chi connectivity index (χ4v) is 4.12. The van der Waals surface area contributed by atoms with Gasteiger partial charge in [0, 0.05) is 19.2 Å². The molecular formula is C24H26N6O. The van der Waals surface area contributed by atoms with E-state index in [0.717, 1.165) is 53.0 Å². The Hall–Kier alpha value is -3.45. The molecular weight excluding hydrogens is 388 g/mol. The van der Waals surface area contributed by atoms with Crippen LogP contribution in [-0.4, -0.2) is 45.0 Å². The largest absolute Gasteiger partial charge is 0.372 e. The van der Waals surface area contributed by atoms with Gasteiger partial charge in [0.25, 0.3) is 0 Å². The molecule has 0 unspecified atom stereocenters. The van der Waals surface area contributed by atoms with Gasteiger partial charge in [0.2, 0.25) is 0 Å². The molecule has 2 aromatic heterocycles. The smallest absolute Gasteiger partial charge is 0.175 e. The number of para-hydroxylation sites is 3. The predicted molar refractivity (Wildman–Crippen MR) is 123 cm³/mol. The lowest BCUT2D eigenvalue weighted by molar-refractivity contribution is -0.00540. The lowest BCUT2D eigenvalue weighted by atomic mass is 10.2. The van der Waals surface area contributed by atoms with E-state index in [-0.39, 0.29) is 12.2 Å². The van der Waals surface area contributed by atoms with Crippen molar-refractivity contribution in [2.75, 3.05) is 23.3 Å². The van der Waals surface area contributed by atoms with Gasteiger partial charge in [-0.15, -0.1) is 0 Å². The minimum Gasteiger partial charge on any atom is -0.372 e. The molecule has 2 atom stereocenters. The van der Waals surface area contributed by atoms with Crippen LogP contribution in [-0.2, 0) is 4.74 Å². The average molecular weight is 415 g/mol. The molecule has 7 nitrogen and oxygen atoms in total. The number of ether oxygens (including phenoxy) is 1. The van der Waals surface area contributed by atoms with E-state index in [1.165, 1.54) is 0 Å². The lowest BCUT2D eigenvalue weighted by Gasteiger charge is -2.36. The Morgan fingerprint density at radius 2 is 1.55 bits per heavy atom. The van der Waals surface area contributed by atoms with Gasteiger partial charge in [-0.3, -0.25) is 0 Å². The maximum absolute atomic E-state index is 5.94. The number of rotatable bonds is 4. The Kier molecular flexibility index (Phi) is 5.03. The van der Waals surface area contributed by atoms with Crippen LogP contribution in [0.2, 0.25) is 0 Å². The topological polar surface area (TPSA) is 68.1 Å². The van der Waals surface area contributed by atoms with Crippen molar-refractivity contribution in [2.45, 2.75) is 33.0 Å². The number of fused-ring (bicyclic) bond motifs is 1. The van der Waals surface area contributed by atoms with Crippen LogP contribution < -0.4 is 10.2 Å². The van der Waals surface area contributed by atoms with Crippen LogP contribution in [0.3, 0.4) is 0 Å². The number of anilines is 3. The molecule has 0 radical (unpaired) electrons. The first-order valence-electron chi connectivity index (χ1n) is 10.6. The number of hydrogen-bond donors (Lipinski definition) is 1. The number of aromatic nitrogens is 4. The van der Waals surface area contributed by atoms with Crippen LogP contribution in [0.5, 0.6) is 0 Å². The SMILES string of the molecule is Cc1cc(Nc2nc3ccccc3nc2N2C[C@@H](C)O[C@@H](C)C2)n(-c2ccccc2)n1. The lowest BCUT2D eigenvalue weighted by Crippen LogP contribution is -2.46. The first kappa shape index (κ1) is 19.5. The Morgan fingerprint density at radius 3 is 2.26 bits per heavy atom. The normalized spacial score (nSPS) is 19.0. The number of aryl methyl sites for hydroxylation is 1. The van der Waals surface area contributed by atoms with Crippen LogP contribution in [0.25, 0.3) is 16.7 Å². The minimum absolute atomic E-state index is 0.127. The highest BCUT2D eigenvalue weighted by molar-refractivity contribution is 5.82. The van der Waals surface area contributed by atoms with E-state index in [2.05, 4.69) is 29.2 Å². The molecule has 1 aliphatic heterocycles. The third-order valence-electron chi connectivity index (χ3n) is 5.35. The van der Waals surface area contributed by atoms with Crippen molar-refractivity contribution in [3.8, 4) is 5.69 Å². The van der Waals surface area contributed by atoms with Crippen LogP contribution >= 0.6 is 0 Å². The van der Waals surface area contributed by atoms with E-state index >= 15 is 0 Å². The molecule has 1 fully saturated rings. The van der Waals surface area contributed by atoms with E-state index in [1.807, 2.05) is 72.3 Å². The van der Waals surface area contributed by atoms with E-state index in [0.29, 0.717) is 0 Å². The molecule has 3 heterocycles. The van der Waals surface area contributed by atoms with E-state index in [1.54, 1.807) is 0 Å². The molecule has 1 aliphatic rings. The predicted octanol–water partition coefficient (Wildman–Crippen LogP) is 4.48. The quantitative estimate of drug-likeness (QED) is 0.531. The van der Waals surface area contributed by atoms with E-state index < -0.39 is 0 Å². The number of benzene rings is 2. The zero-order chi connectivity index (χ0) is 21.4. The van der Waals surface area contributed by atoms with Crippen LogP contribution in [0.4, 0.5) is 17.5 Å². The van der Waals surface area contributed by atoms with Gasteiger partial charge in [-0.25, -0.2) is 14.6 Å². The molecule has 1 saturated heterocycles. The fraction of sp³-hybridized carbons (Fsp3) is 0.292. The monoisotopic (exact) mass is 414 g/mol. The van der Waals surface area contributed by atoms with Crippen molar-refractivity contribution >= 4 is 28.5 Å². The minimum atomic E-state index is 0.127. The first-order chi connectivity index (χ1) is 15.1. The molecule has 0 saturated carbocycles. The summed E-state index contributed by atoms with van der Waals surface area (Å²) < 4.78 is 7.84. The molecule has 1 N–H and O–H groups in total. The molecule has 4 aromatic rings. The van der Waals surface area contributed by atoms with Gasteiger partial charge in [-0.05, 0) is 45.0 Å². The van der Waals surface area contributed by atoms with Gasteiger partial charge < -0.3 is 15.0 Å². The summed E-state index contributed by atoms with van der Waals surface area (Å²) in [5.41, 5.74) is 3.64. The summed E-state index contributed by atoms with van der Waals surface area (Å²) >= 11 is 0. The van der Waals surface area contributed by atoms with Crippen LogP contribution in [0, 0.1) is 6.92 Å². The Balaban J connectivity index is 1.60. The van der Waals surface area contributed by atoms with Gasteiger partial charge in [0.1, 0.15) is 5.82 Å². The molecule has 5 rings (SSSR count). The van der Waals surface area contributed by atoms with Crippen LogP contribution in [0.15, 0.2) is 60.7 Å². The second kappa shape index (κ2) is 8.00. The molecule has 0 aliphatic carbocycles. The zero-order valence-electron chi connectivity index (χ0n) is 18.0. The number of nitrogens with zero attached hydrogens (tertiary/aromatic N) is 5. The van der Waals surface area contributed by atoms with E-state index in [9.17, 15) is 0 Å². The Morgan fingerprint density at radius 1 is 0.903 bits per heavy atom. The molecule has 0 bridgehead atoms. The summed E-state index contributed by atoms with van der Waals surface area (Å²) in [5, 5.41) is 8.20. The molecule has 7 heteroatoms. The molecule has 0 amide bonds. The van der Waals surface area contributed by atoms with Gasteiger partial charge >= 0.3 is 0 Å². The standard InChI is InChI=1S/C24H26N6O/c1-16-13-22(30(28-16)19-9-5-4-6-10-19)27-23-24(29-14-17(2)31-18(3)15-29)26-21-12-8-7-11-20(21)25-23/h4-13,17-18H,14-15H2,1-3H3,(H,25,27)/t17-,18+. The van der Waals surface area contributed by atoms with Crippen molar-refractivity contribution in [3.05, 3.63) is 66.4 Å². The van der Waals surface area contributed by atoms with Gasteiger partial charge in [0.15, 0.2) is 11.6 Å². The van der Waals surface area contributed by atoms with Crippen LogP contribution in [0.1, 0.15) is 19.5 Å².